The lowest BCUT2D eigenvalue weighted by molar-refractivity contribution is -0.134. The van der Waals surface area contributed by atoms with Crippen LogP contribution in [0.5, 0.6) is 11.5 Å². The number of aromatic hydroxyl groups is 2. The Morgan fingerprint density at radius 1 is 0.837 bits per heavy atom. The van der Waals surface area contributed by atoms with Gasteiger partial charge in [0.2, 0.25) is 23.6 Å². The van der Waals surface area contributed by atoms with Gasteiger partial charge >= 0.3 is 0 Å². The maximum atomic E-state index is 14.0. The molecule has 0 spiro atoms. The number of amides is 4. The summed E-state index contributed by atoms with van der Waals surface area (Å²) in [5.74, 6) is -2.43. The molecule has 15 heteroatoms. The molecule has 1 aliphatic rings. The zero-order valence-electron chi connectivity index (χ0n) is 28.7. The molecule has 0 radical (unpaired) electrons. The van der Waals surface area contributed by atoms with E-state index < -0.39 is 53.9 Å². The molecule has 15 nitrogen and oxygen atoms in total. The summed E-state index contributed by atoms with van der Waals surface area (Å²) < 4.78 is 0. The van der Waals surface area contributed by atoms with E-state index in [4.69, 9.17) is 0 Å². The second-order valence-corrected chi connectivity index (χ2v) is 12.2. The van der Waals surface area contributed by atoms with Crippen LogP contribution in [0.25, 0.3) is 11.1 Å². The molecule has 270 valence electrons. The van der Waals surface area contributed by atoms with Gasteiger partial charge in [-0.15, -0.1) is 0 Å². The van der Waals surface area contributed by atoms with E-state index in [0.29, 0.717) is 41.8 Å². The van der Waals surface area contributed by atoms with Gasteiger partial charge in [-0.25, -0.2) is 0 Å². The van der Waals surface area contributed by atoms with Crippen molar-refractivity contribution in [2.24, 2.45) is 0 Å². The number of carbonyl (C=O) groups excluding carboxylic acids is 4. The second kappa shape index (κ2) is 19.7. The first-order valence-electron chi connectivity index (χ1n) is 16.6. The van der Waals surface area contributed by atoms with Gasteiger partial charge < -0.3 is 57.9 Å². The lowest BCUT2D eigenvalue weighted by Gasteiger charge is -2.27. The summed E-state index contributed by atoms with van der Waals surface area (Å²) in [4.78, 5) is 54.6. The normalized spacial score (nSPS) is 19.4. The van der Waals surface area contributed by atoms with Crippen LogP contribution in [-0.4, -0.2) is 124 Å². The smallest absolute Gasteiger partial charge is 0.243 e. The molecule has 2 aromatic carbocycles. The molecular weight excluding hydrogens is 632 g/mol. The molecule has 0 unspecified atom stereocenters. The first kappa shape index (κ1) is 39.2. The van der Waals surface area contributed by atoms with Crippen LogP contribution in [-0.2, 0) is 32.0 Å². The topological polar surface area (TPSA) is 225 Å². The average Bonchev–Trinajstić information content (AvgIpc) is 3.07. The Kier molecular flexibility index (Phi) is 15.7. The number of aliphatic hydroxyl groups excluding tert-OH is 1. The molecule has 2 aromatic rings. The fraction of sp³-hybridized carbons (Fsp3) is 0.529. The van der Waals surface area contributed by atoms with Crippen molar-refractivity contribution in [1.82, 2.24) is 42.5 Å². The Morgan fingerprint density at radius 2 is 1.47 bits per heavy atom. The summed E-state index contributed by atoms with van der Waals surface area (Å²) in [6, 6.07) is 5.61. The molecule has 5 atom stereocenters. The molecule has 4 bridgehead atoms. The number of hydrogen-bond donors (Lipinski definition) is 11. The first-order valence-corrected chi connectivity index (χ1v) is 16.6. The van der Waals surface area contributed by atoms with Crippen molar-refractivity contribution in [2.75, 3.05) is 54.4 Å². The van der Waals surface area contributed by atoms with Gasteiger partial charge in [-0.1, -0.05) is 12.1 Å². The van der Waals surface area contributed by atoms with Crippen molar-refractivity contribution in [3.8, 4) is 22.6 Å². The summed E-state index contributed by atoms with van der Waals surface area (Å²) in [6.45, 7) is 1.51. The maximum Gasteiger partial charge on any atom is 0.243 e. The molecule has 1 aliphatic heterocycles. The molecule has 0 fully saturated rings. The van der Waals surface area contributed by atoms with Gasteiger partial charge in [0.1, 0.15) is 29.6 Å². The average molecular weight is 685 g/mol. The molecule has 0 aliphatic carbocycles. The Balaban J connectivity index is 2.07. The highest BCUT2D eigenvalue weighted by Crippen LogP contribution is 2.31. The van der Waals surface area contributed by atoms with Crippen LogP contribution in [0.4, 0.5) is 0 Å². The van der Waals surface area contributed by atoms with Crippen molar-refractivity contribution >= 4 is 23.6 Å². The number of fused-ring (bicyclic) bond motifs is 5. The number of likely N-dealkylation sites (N-methyl/N-ethyl adjacent to an activating group) is 3. The zero-order chi connectivity index (χ0) is 35.9. The number of hydrogen-bond acceptors (Lipinski definition) is 11. The first-order chi connectivity index (χ1) is 23.5. The molecule has 4 amide bonds. The van der Waals surface area contributed by atoms with Gasteiger partial charge in [0.15, 0.2) is 0 Å². The van der Waals surface area contributed by atoms with Crippen LogP contribution in [0, 0.1) is 0 Å². The monoisotopic (exact) mass is 684 g/mol. The molecule has 0 saturated heterocycles. The Bertz CT molecular complexity index is 1420. The summed E-state index contributed by atoms with van der Waals surface area (Å²) in [6.07, 6.45) is -0.324. The third kappa shape index (κ3) is 11.7. The highest BCUT2D eigenvalue weighted by molar-refractivity contribution is 5.95. The lowest BCUT2D eigenvalue weighted by atomic mass is 9.95. The Labute approximate surface area is 287 Å². The number of nitrogens with one attached hydrogen (secondary N) is 8. The van der Waals surface area contributed by atoms with E-state index in [0.717, 1.165) is 0 Å². The van der Waals surface area contributed by atoms with E-state index in [1.54, 1.807) is 52.5 Å². The van der Waals surface area contributed by atoms with Crippen LogP contribution in [0.3, 0.4) is 0 Å². The summed E-state index contributed by atoms with van der Waals surface area (Å²) in [5, 5.41) is 54.9. The summed E-state index contributed by atoms with van der Waals surface area (Å²) >= 11 is 0. The molecule has 49 heavy (non-hydrogen) atoms. The minimum atomic E-state index is -1.29. The standard InChI is InChI=1S/C34H52N8O7/c1-35-11-5-6-25-32(47)41-27(34(49)42-28(18-24(43)19-37-3)31(46)39-13-12-36-2)17-23-15-21(8-10-30(23)45)20-7-9-29(44)22(14-20)16-26(38-4)33(48)40-25/h7-10,14-15,24-28,35-38,43-45H,5-6,11-13,16-19H2,1-4H3,(H,39,46)(H,40,48)(H,41,47)(H,42,49)/t24-,25+,26+,27+,28+/m1/s1. The van der Waals surface area contributed by atoms with Gasteiger partial charge in [0.05, 0.1) is 12.1 Å². The van der Waals surface area contributed by atoms with E-state index in [1.807, 2.05) is 0 Å². The fourth-order valence-electron chi connectivity index (χ4n) is 5.66. The minimum Gasteiger partial charge on any atom is -0.508 e. The third-order valence-corrected chi connectivity index (χ3v) is 8.45. The van der Waals surface area contributed by atoms with Crippen molar-refractivity contribution in [1.29, 1.82) is 0 Å². The van der Waals surface area contributed by atoms with Crippen LogP contribution >= 0.6 is 0 Å². The predicted octanol–water partition coefficient (Wildman–Crippen LogP) is -1.79. The van der Waals surface area contributed by atoms with E-state index in [-0.39, 0.29) is 50.3 Å². The van der Waals surface area contributed by atoms with Gasteiger partial charge in [0, 0.05) is 38.9 Å². The highest BCUT2D eigenvalue weighted by Gasteiger charge is 2.32. The van der Waals surface area contributed by atoms with Crippen LogP contribution < -0.4 is 42.5 Å². The Morgan fingerprint density at radius 3 is 2.06 bits per heavy atom. The third-order valence-electron chi connectivity index (χ3n) is 8.45. The van der Waals surface area contributed by atoms with Gasteiger partial charge in [-0.05, 0) is 94.1 Å². The SMILES string of the molecule is CNCCC[C@@H]1NC(=O)[C@@H](NC)Cc2cc(ccc2O)-c2ccc(O)c(c2)C[C@@H](C(=O)N[C@@H](C[C@@H](O)CNC)C(=O)NCCNC)NC1=O. The number of phenolic OH excluding ortho intramolecular Hbond substituents is 2. The Hall–Kier alpha value is -4.28. The summed E-state index contributed by atoms with van der Waals surface area (Å²) in [5.41, 5.74) is 2.22. The highest BCUT2D eigenvalue weighted by atomic mass is 16.3. The maximum absolute atomic E-state index is 14.0. The van der Waals surface area contributed by atoms with E-state index in [1.165, 1.54) is 12.1 Å². The van der Waals surface area contributed by atoms with E-state index in [2.05, 4.69) is 42.5 Å². The van der Waals surface area contributed by atoms with E-state index >= 15 is 0 Å². The van der Waals surface area contributed by atoms with Crippen LogP contribution in [0.1, 0.15) is 30.4 Å². The van der Waals surface area contributed by atoms with Gasteiger partial charge in [-0.2, -0.15) is 0 Å². The lowest BCUT2D eigenvalue weighted by Crippen LogP contribution is -2.59. The van der Waals surface area contributed by atoms with Crippen molar-refractivity contribution in [2.45, 2.75) is 62.4 Å². The number of carbonyl (C=O) groups is 4. The second-order valence-electron chi connectivity index (χ2n) is 12.2. The quantitative estimate of drug-likeness (QED) is 0.0940. The van der Waals surface area contributed by atoms with Crippen LogP contribution in [0.2, 0.25) is 0 Å². The number of benzene rings is 2. The van der Waals surface area contributed by atoms with Crippen molar-refractivity contribution in [3.63, 3.8) is 0 Å². The van der Waals surface area contributed by atoms with Crippen LogP contribution in [0.15, 0.2) is 36.4 Å². The predicted molar refractivity (Wildman–Crippen MR) is 186 cm³/mol. The van der Waals surface area contributed by atoms with Gasteiger partial charge in [-0.3, -0.25) is 19.2 Å². The number of phenols is 2. The summed E-state index contributed by atoms with van der Waals surface area (Å²) in [7, 11) is 6.77. The number of rotatable bonds is 15. The van der Waals surface area contributed by atoms with Gasteiger partial charge in [0.25, 0.3) is 0 Å². The van der Waals surface area contributed by atoms with Crippen molar-refractivity contribution < 1.29 is 34.5 Å². The fourth-order valence-corrected chi connectivity index (χ4v) is 5.66. The molecule has 3 rings (SSSR count). The van der Waals surface area contributed by atoms with E-state index in [9.17, 15) is 34.5 Å². The molecule has 1 heterocycles. The molecular formula is C34H52N8O7. The zero-order valence-corrected chi connectivity index (χ0v) is 28.7. The molecule has 0 aromatic heterocycles. The number of aliphatic hydroxyl groups is 1. The van der Waals surface area contributed by atoms with Crippen molar-refractivity contribution in [3.05, 3.63) is 47.5 Å². The molecule has 0 saturated carbocycles. The minimum absolute atomic E-state index is 0.00421. The molecule has 11 N–H and O–H groups in total. The largest absolute Gasteiger partial charge is 0.508 e.